The van der Waals surface area contributed by atoms with Gasteiger partial charge in [-0.15, -0.1) is 0 Å². The van der Waals surface area contributed by atoms with Gasteiger partial charge in [-0.1, -0.05) is 75.8 Å². The maximum absolute atomic E-state index is 10.7. The number of benzene rings is 1. The summed E-state index contributed by atoms with van der Waals surface area (Å²) in [6.45, 7) is 2.26. The smallest absolute Gasteiger partial charge is 0.0648 e. The first kappa shape index (κ1) is 16.5. The molecular formula is C20H32O. The molecule has 1 aliphatic rings. The molecule has 0 unspecified atom stereocenters. The summed E-state index contributed by atoms with van der Waals surface area (Å²) in [5.74, 6) is 0.663. The van der Waals surface area contributed by atoms with E-state index in [9.17, 15) is 5.11 Å². The van der Waals surface area contributed by atoms with Crippen LogP contribution in [0.25, 0.3) is 0 Å². The monoisotopic (exact) mass is 288 g/mol. The van der Waals surface area contributed by atoms with E-state index in [0.29, 0.717) is 5.92 Å². The molecule has 1 aromatic rings. The second-order valence-corrected chi connectivity index (χ2v) is 6.93. The molecule has 1 fully saturated rings. The average Bonchev–Trinajstić information content (AvgIpc) is 2.52. The highest BCUT2D eigenvalue weighted by Crippen LogP contribution is 2.40. The number of unbranched alkanes of at least 4 members (excludes halogenated alkanes) is 5. The molecule has 0 spiro atoms. The maximum Gasteiger partial charge on any atom is 0.0648 e. The lowest BCUT2D eigenvalue weighted by atomic mass is 9.74. The number of aliphatic hydroxyl groups is 1. The van der Waals surface area contributed by atoms with Crippen molar-refractivity contribution in [2.45, 2.75) is 89.1 Å². The Hall–Kier alpha value is -0.820. The predicted molar refractivity (Wildman–Crippen MR) is 90.6 cm³/mol. The van der Waals surface area contributed by atoms with Crippen molar-refractivity contribution in [2.24, 2.45) is 0 Å². The Balaban J connectivity index is 1.67. The summed E-state index contributed by atoms with van der Waals surface area (Å²) in [5, 5.41) is 10.7. The first-order valence-electron chi connectivity index (χ1n) is 9.01. The van der Waals surface area contributed by atoms with Gasteiger partial charge in [0, 0.05) is 0 Å². The molecule has 1 aromatic carbocycles. The molecule has 0 radical (unpaired) electrons. The van der Waals surface area contributed by atoms with Crippen molar-refractivity contribution in [3.8, 4) is 0 Å². The third kappa shape index (κ3) is 5.47. The molecule has 1 heteroatoms. The van der Waals surface area contributed by atoms with Gasteiger partial charge in [-0.2, -0.15) is 0 Å². The third-order valence-electron chi connectivity index (χ3n) is 5.18. The Morgan fingerprint density at radius 3 is 2.24 bits per heavy atom. The number of hydrogen-bond acceptors (Lipinski definition) is 1. The first-order valence-corrected chi connectivity index (χ1v) is 9.01. The largest absolute Gasteiger partial charge is 0.390 e. The molecule has 0 saturated heterocycles. The zero-order valence-corrected chi connectivity index (χ0v) is 13.7. The van der Waals surface area contributed by atoms with Crippen LogP contribution < -0.4 is 0 Å². The van der Waals surface area contributed by atoms with Crippen LogP contribution in [-0.2, 0) is 0 Å². The summed E-state index contributed by atoms with van der Waals surface area (Å²) in [6.07, 6.45) is 13.2. The van der Waals surface area contributed by atoms with Crippen molar-refractivity contribution in [1.29, 1.82) is 0 Å². The summed E-state index contributed by atoms with van der Waals surface area (Å²) >= 11 is 0. The Labute approximate surface area is 130 Å². The van der Waals surface area contributed by atoms with Gasteiger partial charge in [-0.25, -0.2) is 0 Å². The predicted octanol–water partition coefficient (Wildman–Crippen LogP) is 5.83. The van der Waals surface area contributed by atoms with E-state index in [1.807, 2.05) is 0 Å². The SMILES string of the molecule is CCCCCCCCC1(O)CCC(c2ccccc2)CC1. The zero-order valence-electron chi connectivity index (χ0n) is 13.7. The van der Waals surface area contributed by atoms with Crippen LogP contribution in [0.3, 0.4) is 0 Å². The molecule has 1 N–H and O–H groups in total. The van der Waals surface area contributed by atoms with Gasteiger partial charge in [0.15, 0.2) is 0 Å². The molecule has 0 aromatic heterocycles. The Bertz CT molecular complexity index is 376. The van der Waals surface area contributed by atoms with Crippen molar-refractivity contribution < 1.29 is 5.11 Å². The van der Waals surface area contributed by atoms with Gasteiger partial charge in [-0.05, 0) is 43.6 Å². The molecule has 0 amide bonds. The minimum Gasteiger partial charge on any atom is -0.390 e. The Kier molecular flexibility index (Phi) is 6.76. The van der Waals surface area contributed by atoms with Gasteiger partial charge in [0.2, 0.25) is 0 Å². The van der Waals surface area contributed by atoms with Crippen LogP contribution >= 0.6 is 0 Å². The van der Waals surface area contributed by atoms with E-state index in [4.69, 9.17) is 0 Å². The highest BCUT2D eigenvalue weighted by atomic mass is 16.3. The van der Waals surface area contributed by atoms with Gasteiger partial charge < -0.3 is 5.11 Å². The molecule has 1 saturated carbocycles. The summed E-state index contributed by atoms with van der Waals surface area (Å²) < 4.78 is 0. The van der Waals surface area contributed by atoms with Gasteiger partial charge in [-0.3, -0.25) is 0 Å². The lowest BCUT2D eigenvalue weighted by Gasteiger charge is -2.36. The van der Waals surface area contributed by atoms with Gasteiger partial charge in [0.25, 0.3) is 0 Å². The minimum absolute atomic E-state index is 0.365. The number of rotatable bonds is 8. The van der Waals surface area contributed by atoms with Crippen molar-refractivity contribution >= 4 is 0 Å². The summed E-state index contributed by atoms with van der Waals surface area (Å²) in [5.41, 5.74) is 1.09. The van der Waals surface area contributed by atoms with Crippen LogP contribution in [0.5, 0.6) is 0 Å². The highest BCUT2D eigenvalue weighted by molar-refractivity contribution is 5.20. The summed E-state index contributed by atoms with van der Waals surface area (Å²) in [4.78, 5) is 0. The van der Waals surface area contributed by atoms with Crippen molar-refractivity contribution in [3.05, 3.63) is 35.9 Å². The van der Waals surface area contributed by atoms with Crippen LogP contribution in [-0.4, -0.2) is 10.7 Å². The topological polar surface area (TPSA) is 20.2 Å². The fraction of sp³-hybridized carbons (Fsp3) is 0.700. The molecule has 0 bridgehead atoms. The maximum atomic E-state index is 10.7. The molecule has 1 aliphatic carbocycles. The standard InChI is InChI=1S/C20H32O/c1-2-3-4-5-6-10-15-20(21)16-13-19(14-17-20)18-11-8-7-9-12-18/h7-9,11-12,19,21H,2-6,10,13-17H2,1H3. The molecule has 0 aliphatic heterocycles. The van der Waals surface area contributed by atoms with E-state index >= 15 is 0 Å². The van der Waals surface area contributed by atoms with Gasteiger partial charge >= 0.3 is 0 Å². The summed E-state index contributed by atoms with van der Waals surface area (Å²) in [6, 6.07) is 10.8. The quantitative estimate of drug-likeness (QED) is 0.597. The molecule has 1 nitrogen and oxygen atoms in total. The van der Waals surface area contributed by atoms with Gasteiger partial charge in [0.1, 0.15) is 0 Å². The summed E-state index contributed by atoms with van der Waals surface area (Å²) in [7, 11) is 0. The second kappa shape index (κ2) is 8.58. The van der Waals surface area contributed by atoms with Crippen molar-refractivity contribution in [2.75, 3.05) is 0 Å². The van der Waals surface area contributed by atoms with Crippen molar-refractivity contribution in [3.63, 3.8) is 0 Å². The lowest BCUT2D eigenvalue weighted by Crippen LogP contribution is -2.33. The molecule has 2 rings (SSSR count). The van der Waals surface area contributed by atoms with Crippen LogP contribution in [0.1, 0.15) is 89.0 Å². The fourth-order valence-electron chi connectivity index (χ4n) is 3.70. The Morgan fingerprint density at radius 2 is 1.57 bits per heavy atom. The van der Waals surface area contributed by atoms with Crippen LogP contribution in [0.15, 0.2) is 30.3 Å². The fourth-order valence-corrected chi connectivity index (χ4v) is 3.70. The normalized spacial score (nSPS) is 25.9. The third-order valence-corrected chi connectivity index (χ3v) is 5.18. The lowest BCUT2D eigenvalue weighted by molar-refractivity contribution is -0.0105. The molecule has 21 heavy (non-hydrogen) atoms. The minimum atomic E-state index is -0.365. The number of hydrogen-bond donors (Lipinski definition) is 1. The molecule has 118 valence electrons. The zero-order chi connectivity index (χ0) is 15.0. The van der Waals surface area contributed by atoms with E-state index < -0.39 is 0 Å². The van der Waals surface area contributed by atoms with Crippen LogP contribution in [0, 0.1) is 0 Å². The second-order valence-electron chi connectivity index (χ2n) is 6.93. The molecule has 0 heterocycles. The Morgan fingerprint density at radius 1 is 0.952 bits per heavy atom. The van der Waals surface area contributed by atoms with E-state index in [1.54, 1.807) is 0 Å². The van der Waals surface area contributed by atoms with E-state index in [0.717, 1.165) is 32.1 Å². The van der Waals surface area contributed by atoms with E-state index in [-0.39, 0.29) is 5.60 Å². The highest BCUT2D eigenvalue weighted by Gasteiger charge is 2.32. The average molecular weight is 288 g/mol. The van der Waals surface area contributed by atoms with Crippen LogP contribution in [0.2, 0.25) is 0 Å². The molecule has 0 atom stereocenters. The van der Waals surface area contributed by atoms with Gasteiger partial charge in [0.05, 0.1) is 5.60 Å². The molecular weight excluding hydrogens is 256 g/mol. The van der Waals surface area contributed by atoms with Crippen molar-refractivity contribution in [1.82, 2.24) is 0 Å². The van der Waals surface area contributed by atoms with Crippen LogP contribution in [0.4, 0.5) is 0 Å². The van der Waals surface area contributed by atoms with E-state index in [2.05, 4.69) is 37.3 Å². The van der Waals surface area contributed by atoms with E-state index in [1.165, 1.54) is 44.1 Å². The first-order chi connectivity index (χ1) is 10.2.